The molecule has 0 unspecified atom stereocenters. The minimum Gasteiger partial charge on any atom is -0.340 e. The quantitative estimate of drug-likeness (QED) is 0.928. The number of hydrogen-bond acceptors (Lipinski definition) is 2. The first-order valence-electron chi connectivity index (χ1n) is 7.95. The third-order valence-electron chi connectivity index (χ3n) is 5.32. The minimum absolute atomic E-state index is 0.0939. The monoisotopic (exact) mass is 286 g/mol. The number of likely N-dealkylation sites (tertiary alicyclic amines) is 1. The van der Waals surface area contributed by atoms with Crippen LogP contribution in [0, 0.1) is 11.3 Å². The first kappa shape index (κ1) is 14.6. The van der Waals surface area contributed by atoms with E-state index in [1.807, 2.05) is 17.9 Å². The Kier molecular flexibility index (Phi) is 3.36. The van der Waals surface area contributed by atoms with Crippen LogP contribution in [0.25, 0.3) is 0 Å². The smallest absolute Gasteiger partial charge is 0.242 e. The molecule has 114 valence electrons. The van der Waals surface area contributed by atoms with Crippen LogP contribution in [0.1, 0.15) is 45.1 Å². The number of amides is 1. The summed E-state index contributed by atoms with van der Waals surface area (Å²) in [4.78, 5) is 14.8. The van der Waals surface area contributed by atoms with E-state index in [1.54, 1.807) is 0 Å². The fourth-order valence-corrected chi connectivity index (χ4v) is 3.73. The van der Waals surface area contributed by atoms with Crippen molar-refractivity contribution in [2.45, 2.75) is 45.1 Å². The van der Waals surface area contributed by atoms with Gasteiger partial charge in [0.25, 0.3) is 0 Å². The number of nitrogens with two attached hydrogens (primary N) is 1. The van der Waals surface area contributed by atoms with Gasteiger partial charge < -0.3 is 10.6 Å². The van der Waals surface area contributed by atoms with E-state index in [-0.39, 0.29) is 11.3 Å². The summed E-state index contributed by atoms with van der Waals surface area (Å²) < 4.78 is 0. The van der Waals surface area contributed by atoms with Crippen LogP contribution in [-0.4, -0.2) is 29.4 Å². The van der Waals surface area contributed by atoms with E-state index in [4.69, 9.17) is 5.73 Å². The normalized spacial score (nSPS) is 27.4. The molecular formula is C18H26N2O. The fraction of sp³-hybridized carbons (Fsp3) is 0.611. The highest BCUT2D eigenvalue weighted by Crippen LogP contribution is 2.45. The predicted octanol–water partition coefficient (Wildman–Crippen LogP) is 2.77. The van der Waals surface area contributed by atoms with Crippen molar-refractivity contribution >= 4 is 5.91 Å². The fourth-order valence-electron chi connectivity index (χ4n) is 3.73. The molecule has 0 radical (unpaired) electrons. The molecule has 2 atom stereocenters. The van der Waals surface area contributed by atoms with Gasteiger partial charge in [0.2, 0.25) is 5.91 Å². The first-order valence-corrected chi connectivity index (χ1v) is 7.95. The van der Waals surface area contributed by atoms with Gasteiger partial charge in [-0.1, -0.05) is 44.2 Å². The predicted molar refractivity (Wildman–Crippen MR) is 84.9 cm³/mol. The summed E-state index contributed by atoms with van der Waals surface area (Å²) in [7, 11) is 0. The molecule has 1 saturated carbocycles. The topological polar surface area (TPSA) is 46.3 Å². The molecule has 0 spiro atoms. The average molecular weight is 286 g/mol. The van der Waals surface area contributed by atoms with Crippen LogP contribution < -0.4 is 5.73 Å². The van der Waals surface area contributed by atoms with E-state index >= 15 is 0 Å². The van der Waals surface area contributed by atoms with Crippen LogP contribution in [0.5, 0.6) is 0 Å². The van der Waals surface area contributed by atoms with E-state index < -0.39 is 5.54 Å². The van der Waals surface area contributed by atoms with Crippen molar-refractivity contribution in [3.63, 3.8) is 0 Å². The summed E-state index contributed by atoms with van der Waals surface area (Å²) >= 11 is 0. The Morgan fingerprint density at radius 1 is 1.29 bits per heavy atom. The summed E-state index contributed by atoms with van der Waals surface area (Å²) in [6, 6.07) is 10.5. The van der Waals surface area contributed by atoms with Gasteiger partial charge in [0, 0.05) is 19.0 Å². The van der Waals surface area contributed by atoms with Crippen LogP contribution in [0.2, 0.25) is 0 Å². The Morgan fingerprint density at radius 3 is 2.48 bits per heavy atom. The maximum absolute atomic E-state index is 12.8. The van der Waals surface area contributed by atoms with Gasteiger partial charge in [-0.15, -0.1) is 0 Å². The molecule has 3 heteroatoms. The highest BCUT2D eigenvalue weighted by atomic mass is 16.2. The third-order valence-corrected chi connectivity index (χ3v) is 5.32. The summed E-state index contributed by atoms with van der Waals surface area (Å²) in [6.07, 6.45) is 2.19. The van der Waals surface area contributed by atoms with Crippen LogP contribution in [0.4, 0.5) is 0 Å². The molecule has 2 fully saturated rings. The van der Waals surface area contributed by atoms with E-state index in [2.05, 4.69) is 38.1 Å². The van der Waals surface area contributed by atoms with Crippen molar-refractivity contribution in [3.05, 3.63) is 35.9 Å². The Balaban J connectivity index is 1.80. The zero-order valence-electron chi connectivity index (χ0n) is 13.3. The van der Waals surface area contributed by atoms with Crippen LogP contribution in [-0.2, 0) is 4.79 Å². The van der Waals surface area contributed by atoms with Crippen molar-refractivity contribution in [1.82, 2.24) is 4.90 Å². The summed E-state index contributed by atoms with van der Waals surface area (Å²) in [5.74, 6) is 0.901. The van der Waals surface area contributed by atoms with Gasteiger partial charge in [0.1, 0.15) is 0 Å². The second-order valence-corrected chi connectivity index (χ2v) is 7.69. The number of carbonyl (C=O) groups is 1. The van der Waals surface area contributed by atoms with E-state index in [1.165, 1.54) is 5.56 Å². The molecule has 1 heterocycles. The molecule has 3 nitrogen and oxygen atoms in total. The van der Waals surface area contributed by atoms with Gasteiger partial charge in [-0.05, 0) is 36.7 Å². The zero-order valence-corrected chi connectivity index (χ0v) is 13.3. The van der Waals surface area contributed by atoms with E-state index in [0.29, 0.717) is 11.8 Å². The maximum Gasteiger partial charge on any atom is 0.242 e. The number of carbonyl (C=O) groups excluding carboxylic acids is 1. The highest BCUT2D eigenvalue weighted by molar-refractivity contribution is 5.87. The molecule has 0 bridgehead atoms. The van der Waals surface area contributed by atoms with Crippen molar-refractivity contribution in [1.29, 1.82) is 0 Å². The van der Waals surface area contributed by atoms with Crippen LogP contribution in [0.15, 0.2) is 30.3 Å². The standard InChI is InChI=1S/C18H26N2O/c1-17(2)12-20(16(21)18(3,19)14-9-10-14)11-15(17)13-7-5-4-6-8-13/h4-8,14-15H,9-12,19H2,1-3H3/t15-,18-/m0/s1. The Hall–Kier alpha value is -1.35. The lowest BCUT2D eigenvalue weighted by Gasteiger charge is -2.30. The molecule has 2 N–H and O–H groups in total. The lowest BCUT2D eigenvalue weighted by atomic mass is 9.78. The van der Waals surface area contributed by atoms with Crippen molar-refractivity contribution in [2.24, 2.45) is 17.1 Å². The molecule has 1 aromatic rings. The number of hydrogen-bond donors (Lipinski definition) is 1. The van der Waals surface area contributed by atoms with Crippen molar-refractivity contribution in [3.8, 4) is 0 Å². The zero-order chi connectivity index (χ0) is 15.3. The third kappa shape index (κ3) is 2.59. The Bertz CT molecular complexity index is 531. The Labute approximate surface area is 127 Å². The van der Waals surface area contributed by atoms with Gasteiger partial charge in [-0.2, -0.15) is 0 Å². The summed E-state index contributed by atoms with van der Waals surface area (Å²) in [5, 5.41) is 0. The number of nitrogens with zero attached hydrogens (tertiary/aromatic N) is 1. The average Bonchev–Trinajstić information content (AvgIpc) is 3.24. The molecule has 2 aliphatic rings. The SMILES string of the molecule is CC1(C)CN(C(=O)[C@@](C)(N)C2CC2)C[C@H]1c1ccccc1. The highest BCUT2D eigenvalue weighted by Gasteiger charge is 2.50. The molecule has 1 aliphatic carbocycles. The molecule has 1 aromatic carbocycles. The summed E-state index contributed by atoms with van der Waals surface area (Å²) in [5.41, 5.74) is 7.06. The number of benzene rings is 1. The van der Waals surface area contributed by atoms with Gasteiger partial charge >= 0.3 is 0 Å². The number of rotatable bonds is 3. The van der Waals surface area contributed by atoms with E-state index in [0.717, 1.165) is 25.9 Å². The molecule has 1 amide bonds. The van der Waals surface area contributed by atoms with Crippen LogP contribution >= 0.6 is 0 Å². The summed E-state index contributed by atoms with van der Waals surface area (Å²) in [6.45, 7) is 8.00. The van der Waals surface area contributed by atoms with Gasteiger partial charge in [0.15, 0.2) is 0 Å². The van der Waals surface area contributed by atoms with Gasteiger partial charge in [-0.25, -0.2) is 0 Å². The second kappa shape index (κ2) is 4.84. The lowest BCUT2D eigenvalue weighted by molar-refractivity contribution is -0.136. The minimum atomic E-state index is -0.679. The van der Waals surface area contributed by atoms with Gasteiger partial charge in [-0.3, -0.25) is 4.79 Å². The largest absolute Gasteiger partial charge is 0.340 e. The molecule has 1 saturated heterocycles. The molecule has 1 aliphatic heterocycles. The molecular weight excluding hydrogens is 260 g/mol. The molecule has 3 rings (SSSR count). The van der Waals surface area contributed by atoms with Gasteiger partial charge in [0.05, 0.1) is 5.54 Å². The molecule has 0 aromatic heterocycles. The van der Waals surface area contributed by atoms with Crippen molar-refractivity contribution < 1.29 is 4.79 Å². The van der Waals surface area contributed by atoms with Crippen molar-refractivity contribution in [2.75, 3.05) is 13.1 Å². The second-order valence-electron chi connectivity index (χ2n) is 7.69. The first-order chi connectivity index (χ1) is 9.82. The lowest BCUT2D eigenvalue weighted by Crippen LogP contribution is -2.54. The maximum atomic E-state index is 12.8. The Morgan fingerprint density at radius 2 is 1.90 bits per heavy atom. The molecule has 21 heavy (non-hydrogen) atoms. The van der Waals surface area contributed by atoms with E-state index in [9.17, 15) is 4.79 Å². The van der Waals surface area contributed by atoms with Crippen LogP contribution in [0.3, 0.4) is 0 Å².